The molecule has 1 unspecified atom stereocenters. The second-order valence-corrected chi connectivity index (χ2v) is 5.94. The number of benzene rings is 1. The van der Waals surface area contributed by atoms with Gasteiger partial charge in [-0.15, -0.1) is 0 Å². The molecule has 0 saturated heterocycles. The summed E-state index contributed by atoms with van der Waals surface area (Å²) in [7, 11) is 0. The van der Waals surface area contributed by atoms with E-state index in [2.05, 4.69) is 66.8 Å². The van der Waals surface area contributed by atoms with Gasteiger partial charge in [0.2, 0.25) is 0 Å². The molecule has 0 saturated carbocycles. The maximum absolute atomic E-state index is 6.17. The Hall–Kier alpha value is -1.55. The molecule has 0 spiro atoms. The Morgan fingerprint density at radius 2 is 1.95 bits per heavy atom. The molecule has 21 heavy (non-hydrogen) atoms. The van der Waals surface area contributed by atoms with Gasteiger partial charge in [0.1, 0.15) is 0 Å². The standard InChI is InChI=1S/C17H28N4/c1-5-20(6-2)11-12-21-16(18)19-13-17(21,4)15-10-8-7-9-14(15)3/h7-10H,5-6,11-13H2,1-4H3,(H2,18,19). The molecular formula is C17H28N4. The normalized spacial score (nSPS) is 22.0. The summed E-state index contributed by atoms with van der Waals surface area (Å²) in [4.78, 5) is 9.21. The fourth-order valence-corrected chi connectivity index (χ4v) is 3.21. The van der Waals surface area contributed by atoms with Crippen molar-refractivity contribution in [2.45, 2.75) is 33.2 Å². The molecule has 0 amide bonds. The first kappa shape index (κ1) is 15.8. The van der Waals surface area contributed by atoms with E-state index in [0.717, 1.165) is 32.7 Å². The van der Waals surface area contributed by atoms with Gasteiger partial charge in [-0.05, 0) is 38.1 Å². The Labute approximate surface area is 128 Å². The zero-order chi connectivity index (χ0) is 15.5. The van der Waals surface area contributed by atoms with Crippen molar-refractivity contribution < 1.29 is 0 Å². The molecule has 0 radical (unpaired) electrons. The van der Waals surface area contributed by atoms with Gasteiger partial charge in [-0.2, -0.15) is 0 Å². The Bertz CT molecular complexity index is 507. The van der Waals surface area contributed by atoms with Crippen molar-refractivity contribution in [1.29, 1.82) is 0 Å². The summed E-state index contributed by atoms with van der Waals surface area (Å²) in [6, 6.07) is 8.55. The van der Waals surface area contributed by atoms with E-state index in [4.69, 9.17) is 5.73 Å². The van der Waals surface area contributed by atoms with Crippen LogP contribution in [0.25, 0.3) is 0 Å². The van der Waals surface area contributed by atoms with Crippen molar-refractivity contribution >= 4 is 5.96 Å². The molecule has 1 atom stereocenters. The van der Waals surface area contributed by atoms with Gasteiger partial charge >= 0.3 is 0 Å². The molecule has 1 aromatic carbocycles. The van der Waals surface area contributed by atoms with Crippen molar-refractivity contribution in [2.75, 3.05) is 32.7 Å². The van der Waals surface area contributed by atoms with Gasteiger partial charge in [-0.25, -0.2) is 0 Å². The topological polar surface area (TPSA) is 44.9 Å². The Morgan fingerprint density at radius 1 is 1.29 bits per heavy atom. The van der Waals surface area contributed by atoms with Crippen LogP contribution in [0.4, 0.5) is 0 Å². The molecule has 1 aromatic rings. The molecular weight excluding hydrogens is 260 g/mol. The molecule has 1 aliphatic rings. The van der Waals surface area contributed by atoms with Crippen LogP contribution in [-0.2, 0) is 5.54 Å². The van der Waals surface area contributed by atoms with Crippen molar-refractivity contribution in [1.82, 2.24) is 9.80 Å². The summed E-state index contributed by atoms with van der Waals surface area (Å²) in [5.74, 6) is 0.674. The van der Waals surface area contributed by atoms with Crippen LogP contribution >= 0.6 is 0 Å². The highest BCUT2D eigenvalue weighted by molar-refractivity contribution is 5.81. The van der Waals surface area contributed by atoms with Gasteiger partial charge in [0.05, 0.1) is 12.1 Å². The Balaban J connectivity index is 2.21. The Morgan fingerprint density at radius 3 is 2.57 bits per heavy atom. The summed E-state index contributed by atoms with van der Waals surface area (Å²) >= 11 is 0. The predicted octanol–water partition coefficient (Wildman–Crippen LogP) is 2.18. The second-order valence-electron chi connectivity index (χ2n) is 5.94. The van der Waals surface area contributed by atoms with Crippen LogP contribution < -0.4 is 5.73 Å². The fraction of sp³-hybridized carbons (Fsp3) is 0.588. The van der Waals surface area contributed by atoms with E-state index in [1.54, 1.807) is 0 Å². The lowest BCUT2D eigenvalue weighted by atomic mass is 9.87. The zero-order valence-electron chi connectivity index (χ0n) is 13.8. The van der Waals surface area contributed by atoms with Crippen LogP contribution in [0.15, 0.2) is 29.3 Å². The summed E-state index contributed by atoms with van der Waals surface area (Å²) in [6.45, 7) is 13.6. The number of aryl methyl sites for hydroxylation is 1. The molecule has 0 aliphatic carbocycles. The lowest BCUT2D eigenvalue weighted by molar-refractivity contribution is 0.188. The average Bonchev–Trinajstić information content (AvgIpc) is 2.77. The molecule has 4 heteroatoms. The van der Waals surface area contributed by atoms with Gasteiger partial charge in [-0.3, -0.25) is 4.99 Å². The van der Waals surface area contributed by atoms with E-state index < -0.39 is 0 Å². The highest BCUT2D eigenvalue weighted by Gasteiger charge is 2.40. The van der Waals surface area contributed by atoms with E-state index in [9.17, 15) is 0 Å². The first-order valence-corrected chi connectivity index (χ1v) is 7.89. The third-order valence-electron chi connectivity index (χ3n) is 4.68. The maximum atomic E-state index is 6.17. The third-order valence-corrected chi connectivity index (χ3v) is 4.68. The van der Waals surface area contributed by atoms with Gasteiger partial charge in [0.15, 0.2) is 5.96 Å². The number of likely N-dealkylation sites (N-methyl/N-ethyl adjacent to an activating group) is 1. The molecule has 2 N–H and O–H groups in total. The minimum Gasteiger partial charge on any atom is -0.370 e. The van der Waals surface area contributed by atoms with Crippen LogP contribution in [0.3, 0.4) is 0 Å². The summed E-state index contributed by atoms with van der Waals surface area (Å²) in [6.07, 6.45) is 0. The Kier molecular flexibility index (Phi) is 4.88. The molecule has 1 heterocycles. The van der Waals surface area contributed by atoms with Crippen molar-refractivity contribution in [2.24, 2.45) is 10.7 Å². The average molecular weight is 288 g/mol. The van der Waals surface area contributed by atoms with Crippen LogP contribution in [0.2, 0.25) is 0 Å². The van der Waals surface area contributed by atoms with Crippen molar-refractivity contribution in [3.63, 3.8) is 0 Å². The monoisotopic (exact) mass is 288 g/mol. The second kappa shape index (κ2) is 6.48. The minimum absolute atomic E-state index is 0.122. The van der Waals surface area contributed by atoms with Gasteiger partial charge < -0.3 is 15.5 Å². The third kappa shape index (κ3) is 3.05. The number of hydrogen-bond donors (Lipinski definition) is 1. The number of nitrogens with zero attached hydrogens (tertiary/aromatic N) is 3. The fourth-order valence-electron chi connectivity index (χ4n) is 3.21. The molecule has 0 bridgehead atoms. The van der Waals surface area contributed by atoms with Crippen LogP contribution in [0.1, 0.15) is 31.9 Å². The van der Waals surface area contributed by atoms with Crippen molar-refractivity contribution in [3.05, 3.63) is 35.4 Å². The lowest BCUT2D eigenvalue weighted by Gasteiger charge is -2.38. The SMILES string of the molecule is CCN(CC)CCN1C(N)=NCC1(C)c1ccccc1C. The smallest absolute Gasteiger partial charge is 0.192 e. The van der Waals surface area contributed by atoms with Gasteiger partial charge in [0, 0.05) is 13.1 Å². The predicted molar refractivity (Wildman–Crippen MR) is 89.5 cm³/mol. The summed E-state index contributed by atoms with van der Waals surface area (Å²) in [5, 5.41) is 0. The van der Waals surface area contributed by atoms with Crippen molar-refractivity contribution in [3.8, 4) is 0 Å². The molecule has 0 aromatic heterocycles. The van der Waals surface area contributed by atoms with Crippen LogP contribution in [0.5, 0.6) is 0 Å². The molecule has 116 valence electrons. The minimum atomic E-state index is -0.122. The lowest BCUT2D eigenvalue weighted by Crippen LogP contribution is -2.50. The van der Waals surface area contributed by atoms with Gasteiger partial charge in [-0.1, -0.05) is 38.1 Å². The number of aliphatic imine (C=N–C) groups is 1. The zero-order valence-corrected chi connectivity index (χ0v) is 13.8. The van der Waals surface area contributed by atoms with E-state index in [1.165, 1.54) is 11.1 Å². The van der Waals surface area contributed by atoms with E-state index in [1.807, 2.05) is 0 Å². The van der Waals surface area contributed by atoms with Crippen LogP contribution in [-0.4, -0.2) is 48.5 Å². The molecule has 4 nitrogen and oxygen atoms in total. The van der Waals surface area contributed by atoms with Crippen LogP contribution in [0, 0.1) is 6.92 Å². The van der Waals surface area contributed by atoms with E-state index in [-0.39, 0.29) is 5.54 Å². The number of hydrogen-bond acceptors (Lipinski definition) is 4. The summed E-state index contributed by atoms with van der Waals surface area (Å²) in [5.41, 5.74) is 8.68. The first-order valence-electron chi connectivity index (χ1n) is 7.89. The summed E-state index contributed by atoms with van der Waals surface area (Å²) < 4.78 is 0. The van der Waals surface area contributed by atoms with E-state index in [0.29, 0.717) is 5.96 Å². The number of nitrogens with two attached hydrogens (primary N) is 1. The van der Waals surface area contributed by atoms with Gasteiger partial charge in [0.25, 0.3) is 0 Å². The molecule has 0 fully saturated rings. The highest BCUT2D eigenvalue weighted by Crippen LogP contribution is 2.34. The largest absolute Gasteiger partial charge is 0.370 e. The maximum Gasteiger partial charge on any atom is 0.192 e. The number of guanidine groups is 1. The quantitative estimate of drug-likeness (QED) is 0.872. The van der Waals surface area contributed by atoms with E-state index >= 15 is 0 Å². The highest BCUT2D eigenvalue weighted by atomic mass is 15.4. The number of rotatable bonds is 6. The molecule has 2 rings (SSSR count). The molecule has 1 aliphatic heterocycles. The first-order chi connectivity index (χ1) is 10.0.